The van der Waals surface area contributed by atoms with Gasteiger partial charge in [-0.3, -0.25) is 0 Å². The first-order chi connectivity index (χ1) is 6.91. The third-order valence-electron chi connectivity index (χ3n) is 1.79. The van der Waals surface area contributed by atoms with Crippen molar-refractivity contribution in [2.24, 2.45) is 0 Å². The first kappa shape index (κ1) is 12.1. The van der Waals surface area contributed by atoms with Crippen LogP contribution in [0.1, 0.15) is 5.56 Å². The van der Waals surface area contributed by atoms with Gasteiger partial charge in [-0.25, -0.2) is 13.6 Å². The van der Waals surface area contributed by atoms with Crippen molar-refractivity contribution in [1.29, 1.82) is 0 Å². The van der Waals surface area contributed by atoms with Gasteiger partial charge in [0, 0.05) is 6.42 Å². The first-order valence-electron chi connectivity index (χ1n) is 3.96. The number of halogens is 3. The summed E-state index contributed by atoms with van der Waals surface area (Å²) in [5, 5.41) is 17.3. The predicted molar refractivity (Wildman–Crippen MR) is 51.4 cm³/mol. The number of carboxylic acids is 1. The van der Waals surface area contributed by atoms with Gasteiger partial charge in [0.25, 0.3) is 0 Å². The zero-order valence-electron chi connectivity index (χ0n) is 7.38. The molecule has 0 aliphatic rings. The van der Waals surface area contributed by atoms with Crippen LogP contribution in [0, 0.1) is 11.6 Å². The van der Waals surface area contributed by atoms with Crippen LogP contribution in [-0.4, -0.2) is 22.3 Å². The van der Waals surface area contributed by atoms with E-state index in [1.165, 1.54) is 0 Å². The van der Waals surface area contributed by atoms with Gasteiger partial charge in [-0.05, 0) is 33.6 Å². The number of aliphatic hydroxyl groups excluding tert-OH is 1. The minimum Gasteiger partial charge on any atom is -0.479 e. The molecule has 0 amide bonds. The molecule has 1 atom stereocenters. The van der Waals surface area contributed by atoms with Crippen LogP contribution in [0.4, 0.5) is 8.78 Å². The lowest BCUT2D eigenvalue weighted by Gasteiger charge is -2.07. The van der Waals surface area contributed by atoms with Crippen LogP contribution < -0.4 is 0 Å². The SMILES string of the molecule is O=C(O)C(O)Cc1cc(F)c(Br)cc1F. The van der Waals surface area contributed by atoms with Gasteiger partial charge in [0.2, 0.25) is 0 Å². The molecule has 2 N–H and O–H groups in total. The van der Waals surface area contributed by atoms with Crippen molar-refractivity contribution in [3.8, 4) is 0 Å². The Bertz CT molecular complexity index is 395. The molecule has 82 valence electrons. The Kier molecular flexibility index (Phi) is 3.76. The molecule has 15 heavy (non-hydrogen) atoms. The molecule has 0 fully saturated rings. The van der Waals surface area contributed by atoms with Crippen molar-refractivity contribution in [2.45, 2.75) is 12.5 Å². The lowest BCUT2D eigenvalue weighted by molar-refractivity contribution is -0.146. The summed E-state index contributed by atoms with van der Waals surface area (Å²) in [7, 11) is 0. The van der Waals surface area contributed by atoms with Gasteiger partial charge in [0.15, 0.2) is 6.10 Å². The summed E-state index contributed by atoms with van der Waals surface area (Å²) < 4.78 is 26.1. The van der Waals surface area contributed by atoms with Crippen molar-refractivity contribution >= 4 is 21.9 Å². The lowest BCUT2D eigenvalue weighted by atomic mass is 10.1. The highest BCUT2D eigenvalue weighted by molar-refractivity contribution is 9.10. The average Bonchev–Trinajstić information content (AvgIpc) is 2.13. The van der Waals surface area contributed by atoms with Crippen LogP contribution in [0.25, 0.3) is 0 Å². The highest BCUT2D eigenvalue weighted by atomic mass is 79.9. The summed E-state index contributed by atoms with van der Waals surface area (Å²) in [4.78, 5) is 10.3. The Labute approximate surface area is 92.5 Å². The quantitative estimate of drug-likeness (QED) is 0.829. The molecule has 0 saturated carbocycles. The second-order valence-corrected chi connectivity index (χ2v) is 3.77. The van der Waals surface area contributed by atoms with Crippen molar-refractivity contribution in [3.05, 3.63) is 33.8 Å². The van der Waals surface area contributed by atoms with E-state index < -0.39 is 30.1 Å². The minimum absolute atomic E-state index is 0.0476. The van der Waals surface area contributed by atoms with Gasteiger partial charge in [0.1, 0.15) is 11.6 Å². The molecule has 0 spiro atoms. The Morgan fingerprint density at radius 3 is 2.53 bits per heavy atom. The molecule has 1 aromatic rings. The van der Waals surface area contributed by atoms with Crippen LogP contribution in [0.2, 0.25) is 0 Å². The third kappa shape index (κ3) is 2.97. The number of aliphatic carboxylic acids is 1. The summed E-state index contributed by atoms with van der Waals surface area (Å²) in [6.45, 7) is 0. The zero-order chi connectivity index (χ0) is 11.6. The van der Waals surface area contributed by atoms with E-state index in [2.05, 4.69) is 15.9 Å². The molecule has 0 heterocycles. The molecule has 3 nitrogen and oxygen atoms in total. The van der Waals surface area contributed by atoms with E-state index in [9.17, 15) is 13.6 Å². The van der Waals surface area contributed by atoms with Crippen LogP contribution >= 0.6 is 15.9 Å². The third-order valence-corrected chi connectivity index (χ3v) is 2.40. The molecule has 0 aliphatic carbocycles. The Hall–Kier alpha value is -1.01. The number of hydrogen-bond donors (Lipinski definition) is 2. The Morgan fingerprint density at radius 2 is 2.00 bits per heavy atom. The van der Waals surface area contributed by atoms with Gasteiger partial charge in [-0.2, -0.15) is 0 Å². The fourth-order valence-corrected chi connectivity index (χ4v) is 1.33. The molecule has 0 saturated heterocycles. The van der Waals surface area contributed by atoms with E-state index in [4.69, 9.17) is 10.2 Å². The molecule has 0 bridgehead atoms. The summed E-state index contributed by atoms with van der Waals surface area (Å²) in [5.74, 6) is -2.94. The molecule has 1 aromatic carbocycles. The molecule has 0 aliphatic heterocycles. The smallest absolute Gasteiger partial charge is 0.332 e. The normalized spacial score (nSPS) is 12.5. The summed E-state index contributed by atoms with van der Waals surface area (Å²) in [6.07, 6.45) is -2.20. The molecule has 0 aromatic heterocycles. The van der Waals surface area contributed by atoms with Crippen molar-refractivity contribution in [2.75, 3.05) is 0 Å². The molecular weight excluding hydrogens is 274 g/mol. The number of carbonyl (C=O) groups is 1. The van der Waals surface area contributed by atoms with Gasteiger partial charge in [0.05, 0.1) is 4.47 Å². The van der Waals surface area contributed by atoms with E-state index in [-0.39, 0.29) is 10.0 Å². The lowest BCUT2D eigenvalue weighted by Crippen LogP contribution is -2.22. The van der Waals surface area contributed by atoms with Crippen LogP contribution in [0.5, 0.6) is 0 Å². The number of carboxylic acid groups (broad SMARTS) is 1. The maximum absolute atomic E-state index is 13.2. The molecule has 1 rings (SSSR count). The fraction of sp³-hybridized carbons (Fsp3) is 0.222. The van der Waals surface area contributed by atoms with Gasteiger partial charge in [-0.15, -0.1) is 0 Å². The summed E-state index contributed by atoms with van der Waals surface area (Å²) in [5.41, 5.74) is -0.175. The van der Waals surface area contributed by atoms with Gasteiger partial charge >= 0.3 is 5.97 Å². The van der Waals surface area contributed by atoms with Crippen LogP contribution in [0.15, 0.2) is 16.6 Å². The summed E-state index contributed by atoms with van der Waals surface area (Å²) >= 11 is 2.78. The molecule has 6 heteroatoms. The van der Waals surface area contributed by atoms with Crippen LogP contribution in [-0.2, 0) is 11.2 Å². The van der Waals surface area contributed by atoms with E-state index in [0.717, 1.165) is 12.1 Å². The van der Waals surface area contributed by atoms with E-state index >= 15 is 0 Å². The first-order valence-corrected chi connectivity index (χ1v) is 4.75. The van der Waals surface area contributed by atoms with Crippen molar-refractivity contribution < 1.29 is 23.8 Å². The van der Waals surface area contributed by atoms with Gasteiger partial charge in [-0.1, -0.05) is 0 Å². The van der Waals surface area contributed by atoms with Crippen molar-refractivity contribution in [3.63, 3.8) is 0 Å². The number of aliphatic hydroxyl groups is 1. The summed E-state index contributed by atoms with van der Waals surface area (Å²) in [6, 6.07) is 1.74. The van der Waals surface area contributed by atoms with Crippen molar-refractivity contribution in [1.82, 2.24) is 0 Å². The Balaban J connectivity index is 2.95. The molecule has 0 radical (unpaired) electrons. The molecular formula is C9H7BrF2O3. The number of hydrogen-bond acceptors (Lipinski definition) is 2. The maximum Gasteiger partial charge on any atom is 0.332 e. The topological polar surface area (TPSA) is 57.5 Å². The van der Waals surface area contributed by atoms with E-state index in [1.54, 1.807) is 0 Å². The highest BCUT2D eigenvalue weighted by Crippen LogP contribution is 2.20. The minimum atomic E-state index is -1.74. The second-order valence-electron chi connectivity index (χ2n) is 2.92. The van der Waals surface area contributed by atoms with E-state index in [0.29, 0.717) is 0 Å². The van der Waals surface area contributed by atoms with E-state index in [1.807, 2.05) is 0 Å². The standard InChI is InChI=1S/C9H7BrF2O3/c10-5-3-6(11)4(1-7(5)12)2-8(13)9(14)15/h1,3,8,13H,2H2,(H,14,15). The zero-order valence-corrected chi connectivity index (χ0v) is 8.96. The second kappa shape index (κ2) is 4.67. The molecule has 1 unspecified atom stereocenters. The number of benzene rings is 1. The van der Waals surface area contributed by atoms with Gasteiger partial charge < -0.3 is 10.2 Å². The number of rotatable bonds is 3. The highest BCUT2D eigenvalue weighted by Gasteiger charge is 2.17. The average molecular weight is 281 g/mol. The predicted octanol–water partition coefficient (Wildman–Crippen LogP) is 1.72. The Morgan fingerprint density at radius 1 is 1.40 bits per heavy atom. The monoisotopic (exact) mass is 280 g/mol. The largest absolute Gasteiger partial charge is 0.479 e. The fourth-order valence-electron chi connectivity index (χ4n) is 1.02. The maximum atomic E-state index is 13.2. The van der Waals surface area contributed by atoms with Crippen LogP contribution in [0.3, 0.4) is 0 Å².